The third-order valence-electron chi connectivity index (χ3n) is 4.22. The molecule has 0 amide bonds. The molecule has 3 rings (SSSR count). The number of benzene rings is 2. The Balaban J connectivity index is 1.77. The Morgan fingerprint density at radius 1 is 0.611 bits per heavy atom. The lowest BCUT2D eigenvalue weighted by atomic mass is 9.75. The fourth-order valence-corrected chi connectivity index (χ4v) is 3.25. The van der Waals surface area contributed by atoms with Crippen molar-refractivity contribution in [3.63, 3.8) is 0 Å². The van der Waals surface area contributed by atoms with Gasteiger partial charge in [-0.2, -0.15) is 0 Å². The van der Waals surface area contributed by atoms with E-state index in [1.165, 1.54) is 36.8 Å². The summed E-state index contributed by atoms with van der Waals surface area (Å²) in [5.41, 5.74) is 3.05. The fourth-order valence-electron chi connectivity index (χ4n) is 3.25. The minimum atomic E-state index is 0.755. The second kappa shape index (κ2) is 5.39. The second-order valence-corrected chi connectivity index (χ2v) is 5.38. The van der Waals surface area contributed by atoms with Crippen LogP contribution in [-0.4, -0.2) is 0 Å². The van der Waals surface area contributed by atoms with E-state index in [-0.39, 0.29) is 0 Å². The SMILES string of the molecule is c1ccc([C@@H]2CCC[C@@H](c3ccccc3)C2)cc1. The topological polar surface area (TPSA) is 0 Å². The maximum Gasteiger partial charge on any atom is -0.0156 e. The van der Waals surface area contributed by atoms with Gasteiger partial charge < -0.3 is 0 Å². The smallest absolute Gasteiger partial charge is 0.0156 e. The van der Waals surface area contributed by atoms with E-state index in [9.17, 15) is 0 Å². The van der Waals surface area contributed by atoms with Gasteiger partial charge in [-0.3, -0.25) is 0 Å². The van der Waals surface area contributed by atoms with Gasteiger partial charge in [-0.15, -0.1) is 0 Å². The van der Waals surface area contributed by atoms with Crippen molar-refractivity contribution in [3.05, 3.63) is 71.8 Å². The summed E-state index contributed by atoms with van der Waals surface area (Å²) < 4.78 is 0. The van der Waals surface area contributed by atoms with E-state index in [4.69, 9.17) is 0 Å². The molecule has 18 heavy (non-hydrogen) atoms. The van der Waals surface area contributed by atoms with Gasteiger partial charge in [0.1, 0.15) is 0 Å². The summed E-state index contributed by atoms with van der Waals surface area (Å²) in [6.45, 7) is 0. The van der Waals surface area contributed by atoms with Crippen molar-refractivity contribution in [3.8, 4) is 0 Å². The molecule has 0 bridgehead atoms. The van der Waals surface area contributed by atoms with Crippen molar-refractivity contribution in [2.45, 2.75) is 37.5 Å². The van der Waals surface area contributed by atoms with Crippen LogP contribution in [-0.2, 0) is 0 Å². The standard InChI is InChI=1S/C18H20/c1-3-8-15(9-4-1)17-12-7-13-18(14-17)16-10-5-2-6-11-16/h1-6,8-11,17-18H,7,12-14H2/t17-,18-/m1/s1. The average Bonchev–Trinajstić information content (AvgIpc) is 2.49. The van der Waals surface area contributed by atoms with Crippen LogP contribution in [0.5, 0.6) is 0 Å². The van der Waals surface area contributed by atoms with Crippen LogP contribution < -0.4 is 0 Å². The van der Waals surface area contributed by atoms with Crippen molar-refractivity contribution in [2.75, 3.05) is 0 Å². The molecule has 0 nitrogen and oxygen atoms in total. The van der Waals surface area contributed by atoms with Gasteiger partial charge in [0.15, 0.2) is 0 Å². The summed E-state index contributed by atoms with van der Waals surface area (Å²) in [6, 6.07) is 22.1. The van der Waals surface area contributed by atoms with Gasteiger partial charge in [0.05, 0.1) is 0 Å². The van der Waals surface area contributed by atoms with Crippen molar-refractivity contribution < 1.29 is 0 Å². The van der Waals surface area contributed by atoms with Crippen LogP contribution in [0.1, 0.15) is 48.6 Å². The molecule has 0 N–H and O–H groups in total. The first-order chi connectivity index (χ1) is 8.93. The van der Waals surface area contributed by atoms with Crippen LogP contribution in [0.25, 0.3) is 0 Å². The Morgan fingerprint density at radius 2 is 1.06 bits per heavy atom. The molecule has 0 heteroatoms. The molecular formula is C18H20. The lowest BCUT2D eigenvalue weighted by Gasteiger charge is -2.29. The Kier molecular flexibility index (Phi) is 3.45. The van der Waals surface area contributed by atoms with E-state index in [0.717, 1.165) is 11.8 Å². The van der Waals surface area contributed by atoms with Gasteiger partial charge in [-0.05, 0) is 42.2 Å². The molecule has 0 unspecified atom stereocenters. The lowest BCUT2D eigenvalue weighted by molar-refractivity contribution is 0.394. The molecule has 1 aliphatic carbocycles. The highest BCUT2D eigenvalue weighted by molar-refractivity contribution is 5.24. The first-order valence-electron chi connectivity index (χ1n) is 7.03. The Hall–Kier alpha value is -1.56. The zero-order valence-electron chi connectivity index (χ0n) is 10.8. The zero-order chi connectivity index (χ0) is 12.2. The van der Waals surface area contributed by atoms with Crippen molar-refractivity contribution >= 4 is 0 Å². The van der Waals surface area contributed by atoms with Crippen molar-refractivity contribution in [1.82, 2.24) is 0 Å². The Labute approximate surface area is 110 Å². The molecule has 2 atom stereocenters. The van der Waals surface area contributed by atoms with E-state index >= 15 is 0 Å². The minimum absolute atomic E-state index is 0.755. The molecular weight excluding hydrogens is 216 g/mol. The minimum Gasteiger partial charge on any atom is -0.0622 e. The zero-order valence-corrected chi connectivity index (χ0v) is 10.8. The lowest BCUT2D eigenvalue weighted by Crippen LogP contribution is -2.12. The van der Waals surface area contributed by atoms with Crippen molar-refractivity contribution in [1.29, 1.82) is 0 Å². The van der Waals surface area contributed by atoms with E-state index in [2.05, 4.69) is 60.7 Å². The molecule has 2 aromatic rings. The van der Waals surface area contributed by atoms with Crippen LogP contribution in [0.4, 0.5) is 0 Å². The highest BCUT2D eigenvalue weighted by Crippen LogP contribution is 2.40. The Morgan fingerprint density at radius 3 is 1.50 bits per heavy atom. The number of rotatable bonds is 2. The third kappa shape index (κ3) is 2.48. The van der Waals surface area contributed by atoms with Gasteiger partial charge in [0.25, 0.3) is 0 Å². The first-order valence-corrected chi connectivity index (χ1v) is 7.03. The first kappa shape index (κ1) is 11.5. The molecule has 1 aliphatic rings. The van der Waals surface area contributed by atoms with Crippen LogP contribution >= 0.6 is 0 Å². The summed E-state index contributed by atoms with van der Waals surface area (Å²) in [5, 5.41) is 0. The molecule has 0 radical (unpaired) electrons. The third-order valence-corrected chi connectivity index (χ3v) is 4.22. The van der Waals surface area contributed by atoms with Gasteiger partial charge in [0, 0.05) is 0 Å². The number of hydrogen-bond acceptors (Lipinski definition) is 0. The average molecular weight is 236 g/mol. The molecule has 0 aromatic heterocycles. The summed E-state index contributed by atoms with van der Waals surface area (Å²) in [4.78, 5) is 0. The quantitative estimate of drug-likeness (QED) is 0.678. The van der Waals surface area contributed by atoms with Crippen LogP contribution in [0.2, 0.25) is 0 Å². The summed E-state index contributed by atoms with van der Waals surface area (Å²) >= 11 is 0. The van der Waals surface area contributed by atoms with Gasteiger partial charge in [0.2, 0.25) is 0 Å². The predicted octanol–water partition coefficient (Wildman–Crippen LogP) is 5.13. The molecule has 1 fully saturated rings. The van der Waals surface area contributed by atoms with Crippen LogP contribution in [0, 0.1) is 0 Å². The molecule has 92 valence electrons. The number of hydrogen-bond donors (Lipinski definition) is 0. The van der Waals surface area contributed by atoms with E-state index < -0.39 is 0 Å². The summed E-state index contributed by atoms with van der Waals surface area (Å²) in [7, 11) is 0. The van der Waals surface area contributed by atoms with E-state index in [1.54, 1.807) is 0 Å². The summed E-state index contributed by atoms with van der Waals surface area (Å²) in [5.74, 6) is 1.51. The van der Waals surface area contributed by atoms with Gasteiger partial charge in [-0.1, -0.05) is 67.1 Å². The maximum atomic E-state index is 2.29. The Bertz CT molecular complexity index is 426. The normalized spacial score (nSPS) is 23.8. The van der Waals surface area contributed by atoms with Crippen molar-refractivity contribution in [2.24, 2.45) is 0 Å². The van der Waals surface area contributed by atoms with E-state index in [0.29, 0.717) is 0 Å². The molecule has 0 heterocycles. The largest absolute Gasteiger partial charge is 0.0622 e. The second-order valence-electron chi connectivity index (χ2n) is 5.38. The van der Waals surface area contributed by atoms with Gasteiger partial charge in [-0.25, -0.2) is 0 Å². The summed E-state index contributed by atoms with van der Waals surface area (Å²) in [6.07, 6.45) is 5.38. The predicted molar refractivity (Wildman–Crippen MR) is 76.8 cm³/mol. The van der Waals surface area contributed by atoms with E-state index in [1.807, 2.05) is 0 Å². The molecule has 0 saturated heterocycles. The molecule has 1 saturated carbocycles. The highest BCUT2D eigenvalue weighted by atomic mass is 14.3. The van der Waals surface area contributed by atoms with Crippen LogP contribution in [0.3, 0.4) is 0 Å². The molecule has 0 spiro atoms. The molecule has 0 aliphatic heterocycles. The fraction of sp³-hybridized carbons (Fsp3) is 0.333. The monoisotopic (exact) mass is 236 g/mol. The maximum absolute atomic E-state index is 2.29. The highest BCUT2D eigenvalue weighted by Gasteiger charge is 2.23. The van der Waals surface area contributed by atoms with Crippen LogP contribution in [0.15, 0.2) is 60.7 Å². The molecule has 2 aromatic carbocycles. The van der Waals surface area contributed by atoms with Gasteiger partial charge >= 0.3 is 0 Å².